The van der Waals surface area contributed by atoms with E-state index in [1.165, 1.54) is 11.6 Å². The first kappa shape index (κ1) is 16.1. The predicted molar refractivity (Wildman–Crippen MR) is 97.9 cm³/mol. The van der Waals surface area contributed by atoms with Gasteiger partial charge >= 0.3 is 5.97 Å². The lowest BCUT2D eigenvalue weighted by Crippen LogP contribution is -2.26. The normalized spacial score (nSPS) is 19.3. The quantitative estimate of drug-likeness (QED) is 0.834. The van der Waals surface area contributed by atoms with Crippen molar-refractivity contribution in [3.05, 3.63) is 83.6 Å². The third-order valence-electron chi connectivity index (χ3n) is 4.25. The number of hydrogen-bond donors (Lipinski definition) is 1. The second-order valence-corrected chi connectivity index (χ2v) is 6.06. The summed E-state index contributed by atoms with van der Waals surface area (Å²) in [5, 5.41) is 9.16. The van der Waals surface area contributed by atoms with E-state index in [2.05, 4.69) is 60.4 Å². The van der Waals surface area contributed by atoms with Crippen molar-refractivity contribution < 1.29 is 9.90 Å². The molecule has 2 aromatic carbocycles. The molecule has 0 amide bonds. The number of hydrogen-bond acceptors (Lipinski definition) is 2. The van der Waals surface area contributed by atoms with Crippen LogP contribution in [-0.2, 0) is 4.79 Å². The SMILES string of the molecule is Cc1ccc(N2C(=CC(=O)O)CCC2/C=C/c2ccccc2)cc1. The van der Waals surface area contributed by atoms with Crippen LogP contribution in [0.1, 0.15) is 24.0 Å². The van der Waals surface area contributed by atoms with Crippen molar-refractivity contribution >= 4 is 17.7 Å². The number of anilines is 1. The summed E-state index contributed by atoms with van der Waals surface area (Å²) in [6, 6.07) is 18.6. The van der Waals surface area contributed by atoms with Crippen LogP contribution in [-0.4, -0.2) is 17.1 Å². The Bertz CT molecular complexity index is 760. The number of carboxylic acid groups (broad SMARTS) is 1. The molecule has 1 heterocycles. The van der Waals surface area contributed by atoms with Gasteiger partial charge in [0, 0.05) is 17.5 Å². The van der Waals surface area contributed by atoms with Gasteiger partial charge in [0.05, 0.1) is 6.04 Å². The van der Waals surface area contributed by atoms with E-state index in [-0.39, 0.29) is 6.04 Å². The number of rotatable bonds is 4. The molecule has 1 fully saturated rings. The van der Waals surface area contributed by atoms with E-state index >= 15 is 0 Å². The Labute approximate surface area is 142 Å². The second-order valence-electron chi connectivity index (χ2n) is 6.06. The van der Waals surface area contributed by atoms with E-state index in [4.69, 9.17) is 5.11 Å². The van der Waals surface area contributed by atoms with Gasteiger partial charge in [-0.1, -0.05) is 60.2 Å². The van der Waals surface area contributed by atoms with Gasteiger partial charge in [-0.15, -0.1) is 0 Å². The smallest absolute Gasteiger partial charge is 0.330 e. The van der Waals surface area contributed by atoms with Crippen LogP contribution in [0.4, 0.5) is 5.69 Å². The molecular weight excluding hydrogens is 298 g/mol. The van der Waals surface area contributed by atoms with Crippen molar-refractivity contribution in [1.29, 1.82) is 0 Å². The van der Waals surface area contributed by atoms with Crippen molar-refractivity contribution in [2.45, 2.75) is 25.8 Å². The minimum Gasteiger partial charge on any atom is -0.478 e. The highest BCUT2D eigenvalue weighted by Gasteiger charge is 2.27. The van der Waals surface area contributed by atoms with E-state index in [0.29, 0.717) is 0 Å². The Hall–Kier alpha value is -2.81. The molecule has 0 aromatic heterocycles. The largest absolute Gasteiger partial charge is 0.478 e. The first-order valence-corrected chi connectivity index (χ1v) is 8.16. The number of carboxylic acids is 1. The fraction of sp³-hybridized carbons (Fsp3) is 0.190. The summed E-state index contributed by atoms with van der Waals surface area (Å²) in [6.07, 6.45) is 7.28. The number of benzene rings is 2. The monoisotopic (exact) mass is 319 g/mol. The summed E-state index contributed by atoms with van der Waals surface area (Å²) in [4.78, 5) is 13.3. The third-order valence-corrected chi connectivity index (χ3v) is 4.25. The number of aryl methyl sites for hydroxylation is 1. The molecule has 24 heavy (non-hydrogen) atoms. The van der Waals surface area contributed by atoms with Crippen LogP contribution in [0.15, 0.2) is 72.4 Å². The minimum absolute atomic E-state index is 0.165. The number of aliphatic carboxylic acids is 1. The van der Waals surface area contributed by atoms with Gasteiger partial charge < -0.3 is 10.0 Å². The Morgan fingerprint density at radius 3 is 2.50 bits per heavy atom. The molecule has 0 spiro atoms. The average molecular weight is 319 g/mol. The Kier molecular flexibility index (Phi) is 4.80. The summed E-state index contributed by atoms with van der Waals surface area (Å²) in [5.41, 5.74) is 4.23. The molecule has 1 unspecified atom stereocenters. The van der Waals surface area contributed by atoms with Crippen LogP contribution < -0.4 is 4.90 Å². The van der Waals surface area contributed by atoms with Crippen molar-refractivity contribution in [3.63, 3.8) is 0 Å². The van der Waals surface area contributed by atoms with Crippen LogP contribution in [0.2, 0.25) is 0 Å². The maximum atomic E-state index is 11.2. The summed E-state index contributed by atoms with van der Waals surface area (Å²) in [5.74, 6) is -0.894. The topological polar surface area (TPSA) is 40.5 Å². The molecule has 0 saturated carbocycles. The molecule has 3 nitrogen and oxygen atoms in total. The highest BCUT2D eigenvalue weighted by atomic mass is 16.4. The molecule has 0 radical (unpaired) electrons. The highest BCUT2D eigenvalue weighted by molar-refractivity contribution is 5.82. The van der Waals surface area contributed by atoms with E-state index in [1.807, 2.05) is 18.2 Å². The number of carbonyl (C=O) groups is 1. The van der Waals surface area contributed by atoms with Gasteiger partial charge in [0.25, 0.3) is 0 Å². The summed E-state index contributed by atoms with van der Waals surface area (Å²) in [6.45, 7) is 2.05. The van der Waals surface area contributed by atoms with Crippen LogP contribution in [0.25, 0.3) is 6.08 Å². The van der Waals surface area contributed by atoms with E-state index < -0.39 is 5.97 Å². The summed E-state index contributed by atoms with van der Waals surface area (Å²) in [7, 11) is 0. The maximum Gasteiger partial charge on any atom is 0.330 e. The average Bonchev–Trinajstić information content (AvgIpc) is 2.96. The van der Waals surface area contributed by atoms with Gasteiger partial charge in [-0.05, 0) is 37.5 Å². The Balaban J connectivity index is 1.91. The Morgan fingerprint density at radius 1 is 1.12 bits per heavy atom. The molecule has 3 heteroatoms. The predicted octanol–water partition coefficient (Wildman–Crippen LogP) is 4.65. The van der Waals surface area contributed by atoms with E-state index in [9.17, 15) is 4.79 Å². The molecule has 1 aliphatic rings. The van der Waals surface area contributed by atoms with E-state index in [0.717, 1.165) is 29.8 Å². The van der Waals surface area contributed by atoms with Gasteiger partial charge in [0.1, 0.15) is 0 Å². The minimum atomic E-state index is -0.894. The molecule has 1 N–H and O–H groups in total. The van der Waals surface area contributed by atoms with Gasteiger partial charge in [0.2, 0.25) is 0 Å². The lowest BCUT2D eigenvalue weighted by molar-refractivity contribution is -0.131. The molecule has 1 saturated heterocycles. The number of nitrogens with zero attached hydrogens (tertiary/aromatic N) is 1. The van der Waals surface area contributed by atoms with Crippen molar-refractivity contribution in [1.82, 2.24) is 0 Å². The van der Waals surface area contributed by atoms with Crippen molar-refractivity contribution in [3.8, 4) is 0 Å². The van der Waals surface area contributed by atoms with Crippen LogP contribution in [0.3, 0.4) is 0 Å². The lowest BCUT2D eigenvalue weighted by Gasteiger charge is -2.26. The second kappa shape index (κ2) is 7.18. The van der Waals surface area contributed by atoms with Crippen molar-refractivity contribution in [2.75, 3.05) is 4.90 Å². The van der Waals surface area contributed by atoms with Crippen LogP contribution in [0.5, 0.6) is 0 Å². The standard InChI is InChI=1S/C21H21NO2/c1-16-7-10-18(11-8-16)22-19(13-14-20(22)15-21(23)24)12-9-17-5-3-2-4-6-17/h2-12,15,19H,13-14H2,1H3,(H,23,24)/b12-9+,20-15?. The van der Waals surface area contributed by atoms with Crippen molar-refractivity contribution in [2.24, 2.45) is 0 Å². The zero-order valence-corrected chi connectivity index (χ0v) is 13.7. The first-order chi connectivity index (χ1) is 11.6. The molecule has 0 bridgehead atoms. The molecule has 1 aliphatic heterocycles. The molecule has 122 valence electrons. The van der Waals surface area contributed by atoms with Gasteiger partial charge in [-0.2, -0.15) is 0 Å². The van der Waals surface area contributed by atoms with Crippen LogP contribution in [0, 0.1) is 6.92 Å². The maximum absolute atomic E-state index is 11.2. The zero-order valence-electron chi connectivity index (χ0n) is 13.7. The molecule has 2 aromatic rings. The fourth-order valence-corrected chi connectivity index (χ4v) is 3.07. The van der Waals surface area contributed by atoms with Gasteiger partial charge in [-0.25, -0.2) is 4.79 Å². The number of allylic oxidation sites excluding steroid dienone is 1. The van der Waals surface area contributed by atoms with Gasteiger partial charge in [-0.3, -0.25) is 0 Å². The molecule has 3 rings (SSSR count). The molecule has 1 atom stereocenters. The molecule has 0 aliphatic carbocycles. The van der Waals surface area contributed by atoms with Crippen LogP contribution >= 0.6 is 0 Å². The van der Waals surface area contributed by atoms with Gasteiger partial charge in [0.15, 0.2) is 0 Å². The Morgan fingerprint density at radius 2 is 1.83 bits per heavy atom. The first-order valence-electron chi connectivity index (χ1n) is 8.16. The summed E-state index contributed by atoms with van der Waals surface area (Å²) < 4.78 is 0. The highest BCUT2D eigenvalue weighted by Crippen LogP contribution is 2.34. The lowest BCUT2D eigenvalue weighted by atomic mass is 10.1. The summed E-state index contributed by atoms with van der Waals surface area (Å²) >= 11 is 0. The third kappa shape index (κ3) is 3.74. The fourth-order valence-electron chi connectivity index (χ4n) is 3.07. The zero-order chi connectivity index (χ0) is 16.9. The molecular formula is C21H21NO2. The van der Waals surface area contributed by atoms with E-state index in [1.54, 1.807) is 0 Å².